The number of benzene rings is 3. The Morgan fingerprint density at radius 3 is 2.26 bits per heavy atom. The number of piperidine rings is 1. The molecule has 1 aliphatic rings. The topological polar surface area (TPSA) is 140 Å². The Labute approximate surface area is 273 Å². The van der Waals surface area contributed by atoms with E-state index in [1.807, 2.05) is 86.3 Å². The summed E-state index contributed by atoms with van der Waals surface area (Å²) >= 11 is 0. The number of nitrogens with zero attached hydrogens (tertiary/aromatic N) is 2. The third kappa shape index (κ3) is 8.96. The summed E-state index contributed by atoms with van der Waals surface area (Å²) in [5, 5.41) is 5.89. The van der Waals surface area contributed by atoms with Crippen molar-refractivity contribution in [3.05, 3.63) is 99.9 Å². The second kappa shape index (κ2) is 14.5. The number of fused-ring (bicyclic) bond motifs is 1. The molecule has 1 aliphatic heterocycles. The fraction of sp³-hybridized carbons (Fsp3) is 0.361. The Balaban J connectivity index is 1.31. The van der Waals surface area contributed by atoms with Crippen molar-refractivity contribution >= 4 is 40.6 Å². The molecule has 5 rings (SSSR count). The van der Waals surface area contributed by atoms with E-state index in [0.29, 0.717) is 48.1 Å². The number of carbonyl (C=O) groups is 3. The molecule has 246 valence electrons. The number of alkyl carbamates (subject to hydrolysis) is 1. The molecule has 1 saturated heterocycles. The molecule has 3 aromatic carbocycles. The maximum atomic E-state index is 13.6. The minimum atomic E-state index is -0.952. The summed E-state index contributed by atoms with van der Waals surface area (Å²) in [5.41, 5.74) is 1.91. The molecule has 1 aromatic heterocycles. The van der Waals surface area contributed by atoms with E-state index in [1.54, 1.807) is 19.1 Å². The monoisotopic (exact) mass is 640 g/mol. The molecule has 0 unspecified atom stereocenters. The number of ether oxygens (including phenoxy) is 2. The second-order valence-corrected chi connectivity index (χ2v) is 12.7. The van der Waals surface area contributed by atoms with Crippen molar-refractivity contribution in [2.24, 2.45) is 5.92 Å². The van der Waals surface area contributed by atoms with Gasteiger partial charge in [0.2, 0.25) is 5.91 Å². The zero-order chi connectivity index (χ0) is 33.6. The first-order chi connectivity index (χ1) is 22.4. The predicted molar refractivity (Wildman–Crippen MR) is 178 cm³/mol. The molecule has 0 radical (unpaired) electrons. The number of carbonyl (C=O) groups excluding carboxylic acids is 3. The lowest BCUT2D eigenvalue weighted by atomic mass is 9.97. The molecular weight excluding hydrogens is 600 g/mol. The number of hydrogen-bond acceptors (Lipinski definition) is 9. The standard InChI is InChI=1S/C36H40N4O7/c1-23-19-27(21-28-30(23)33(43)46-34(38-28)40-17-15-26(16-18-40)32(42)47-36(2,3)4)37-31(41)29(20-24-11-7-5-8-12-24)39-35(44)45-22-25-13-9-6-10-14-25/h5-14,19,21,26,29H,15-18,20,22H2,1-4H3,(H,37,41)(H,39,44)/t29-/m0/s1. The van der Waals surface area contributed by atoms with Gasteiger partial charge in [-0.05, 0) is 69.4 Å². The van der Waals surface area contributed by atoms with Crippen molar-refractivity contribution in [2.45, 2.75) is 65.2 Å². The van der Waals surface area contributed by atoms with Gasteiger partial charge < -0.3 is 29.4 Å². The van der Waals surface area contributed by atoms with E-state index in [4.69, 9.17) is 13.9 Å². The number of anilines is 2. The highest BCUT2D eigenvalue weighted by atomic mass is 16.6. The van der Waals surface area contributed by atoms with Gasteiger partial charge in [0.05, 0.1) is 16.8 Å². The van der Waals surface area contributed by atoms with Crippen LogP contribution in [0.1, 0.15) is 50.3 Å². The minimum Gasteiger partial charge on any atom is -0.460 e. The van der Waals surface area contributed by atoms with Gasteiger partial charge in [0.1, 0.15) is 18.2 Å². The SMILES string of the molecule is Cc1cc(NC(=O)[C@H](Cc2ccccc2)NC(=O)OCc2ccccc2)cc2nc(N3CCC(C(=O)OC(C)(C)C)CC3)oc(=O)c12. The highest BCUT2D eigenvalue weighted by Crippen LogP contribution is 2.27. The summed E-state index contributed by atoms with van der Waals surface area (Å²) in [6.07, 6.45) is 0.581. The number of aromatic nitrogens is 1. The van der Waals surface area contributed by atoms with Gasteiger partial charge in [0.15, 0.2) is 0 Å². The average Bonchev–Trinajstić information content (AvgIpc) is 3.03. The molecule has 11 nitrogen and oxygen atoms in total. The third-order valence-electron chi connectivity index (χ3n) is 7.80. The Kier molecular flexibility index (Phi) is 10.2. The van der Waals surface area contributed by atoms with E-state index in [2.05, 4.69) is 15.6 Å². The number of nitrogens with one attached hydrogen (secondary N) is 2. The van der Waals surface area contributed by atoms with Gasteiger partial charge in [-0.15, -0.1) is 0 Å². The molecule has 1 atom stereocenters. The van der Waals surface area contributed by atoms with Crippen LogP contribution in [0.4, 0.5) is 16.5 Å². The Morgan fingerprint density at radius 1 is 0.979 bits per heavy atom. The first-order valence-corrected chi connectivity index (χ1v) is 15.7. The van der Waals surface area contributed by atoms with Gasteiger partial charge in [-0.1, -0.05) is 60.7 Å². The molecule has 0 aliphatic carbocycles. The van der Waals surface area contributed by atoms with Crippen molar-refractivity contribution in [3.8, 4) is 0 Å². The largest absolute Gasteiger partial charge is 0.460 e. The van der Waals surface area contributed by atoms with Crippen LogP contribution < -0.4 is 21.2 Å². The quantitative estimate of drug-likeness (QED) is 0.226. The molecular formula is C36H40N4O7. The lowest BCUT2D eigenvalue weighted by Gasteiger charge is -2.32. The summed E-state index contributed by atoms with van der Waals surface area (Å²) in [4.78, 5) is 58.4. The molecule has 0 spiro atoms. The number of amides is 2. The Morgan fingerprint density at radius 2 is 1.62 bits per heavy atom. The van der Waals surface area contributed by atoms with Crippen LogP contribution in [0, 0.1) is 12.8 Å². The Bertz CT molecular complexity index is 1780. The van der Waals surface area contributed by atoms with Crippen LogP contribution in [0.3, 0.4) is 0 Å². The van der Waals surface area contributed by atoms with Crippen LogP contribution in [-0.2, 0) is 32.1 Å². The molecule has 11 heteroatoms. The normalized spacial score (nSPS) is 14.3. The molecule has 2 amide bonds. The van der Waals surface area contributed by atoms with Crippen molar-refractivity contribution in [1.29, 1.82) is 0 Å². The van der Waals surface area contributed by atoms with Crippen LogP contribution in [0.2, 0.25) is 0 Å². The van der Waals surface area contributed by atoms with Crippen molar-refractivity contribution in [1.82, 2.24) is 10.3 Å². The number of rotatable bonds is 9. The maximum absolute atomic E-state index is 13.6. The second-order valence-electron chi connectivity index (χ2n) is 12.7. The molecule has 2 heterocycles. The highest BCUT2D eigenvalue weighted by Gasteiger charge is 2.31. The summed E-state index contributed by atoms with van der Waals surface area (Å²) in [5.74, 6) is -0.933. The predicted octanol–water partition coefficient (Wildman–Crippen LogP) is 5.53. The fourth-order valence-electron chi connectivity index (χ4n) is 5.48. The van der Waals surface area contributed by atoms with Gasteiger partial charge in [0.25, 0.3) is 0 Å². The zero-order valence-electron chi connectivity index (χ0n) is 27.1. The van der Waals surface area contributed by atoms with E-state index >= 15 is 0 Å². The Hall–Kier alpha value is -5.19. The van der Waals surface area contributed by atoms with Gasteiger partial charge in [-0.2, -0.15) is 4.98 Å². The number of hydrogen-bond donors (Lipinski definition) is 2. The van der Waals surface area contributed by atoms with Crippen LogP contribution >= 0.6 is 0 Å². The van der Waals surface area contributed by atoms with Crippen LogP contribution in [-0.4, -0.2) is 47.7 Å². The van der Waals surface area contributed by atoms with Gasteiger partial charge in [0, 0.05) is 25.2 Å². The highest BCUT2D eigenvalue weighted by molar-refractivity contribution is 5.98. The summed E-state index contributed by atoms with van der Waals surface area (Å²) in [7, 11) is 0. The van der Waals surface area contributed by atoms with E-state index in [-0.39, 0.29) is 30.9 Å². The van der Waals surface area contributed by atoms with Gasteiger partial charge in [-0.25, -0.2) is 9.59 Å². The van der Waals surface area contributed by atoms with Crippen molar-refractivity contribution in [2.75, 3.05) is 23.3 Å². The molecule has 4 aromatic rings. The lowest BCUT2D eigenvalue weighted by Crippen LogP contribution is -2.45. The average molecular weight is 641 g/mol. The zero-order valence-corrected chi connectivity index (χ0v) is 27.1. The van der Waals surface area contributed by atoms with E-state index in [1.165, 1.54) is 0 Å². The molecule has 0 bridgehead atoms. The van der Waals surface area contributed by atoms with Crippen LogP contribution in [0.25, 0.3) is 10.9 Å². The van der Waals surface area contributed by atoms with Crippen molar-refractivity contribution < 1.29 is 28.3 Å². The van der Waals surface area contributed by atoms with Crippen molar-refractivity contribution in [3.63, 3.8) is 0 Å². The van der Waals surface area contributed by atoms with Gasteiger partial charge >= 0.3 is 23.7 Å². The summed E-state index contributed by atoms with van der Waals surface area (Å²) < 4.78 is 16.5. The maximum Gasteiger partial charge on any atom is 0.408 e. The first-order valence-electron chi connectivity index (χ1n) is 15.7. The molecule has 1 fully saturated rings. The summed E-state index contributed by atoms with van der Waals surface area (Å²) in [6.45, 7) is 8.26. The van der Waals surface area contributed by atoms with E-state index in [9.17, 15) is 19.2 Å². The number of aryl methyl sites for hydroxylation is 1. The minimum absolute atomic E-state index is 0.0610. The first kappa shape index (κ1) is 33.2. The smallest absolute Gasteiger partial charge is 0.408 e. The third-order valence-corrected chi connectivity index (χ3v) is 7.80. The molecule has 2 N–H and O–H groups in total. The van der Waals surface area contributed by atoms with Gasteiger partial charge in [-0.3, -0.25) is 9.59 Å². The van der Waals surface area contributed by atoms with E-state index < -0.39 is 29.3 Å². The molecule has 0 saturated carbocycles. The lowest BCUT2D eigenvalue weighted by molar-refractivity contribution is -0.160. The fourth-order valence-corrected chi connectivity index (χ4v) is 5.48. The number of esters is 1. The van der Waals surface area contributed by atoms with Crippen LogP contribution in [0.5, 0.6) is 0 Å². The van der Waals surface area contributed by atoms with Crippen LogP contribution in [0.15, 0.2) is 82.0 Å². The summed E-state index contributed by atoms with van der Waals surface area (Å²) in [6, 6.07) is 21.1. The molecule has 47 heavy (non-hydrogen) atoms. The van der Waals surface area contributed by atoms with E-state index in [0.717, 1.165) is 11.1 Å².